The number of nitrogens with one attached hydrogen (secondary N) is 1. The lowest BCUT2D eigenvalue weighted by Crippen LogP contribution is -2.43. The summed E-state index contributed by atoms with van der Waals surface area (Å²) < 4.78 is 29.8. The van der Waals surface area contributed by atoms with Gasteiger partial charge in [0.25, 0.3) is 0 Å². The average Bonchev–Trinajstić information content (AvgIpc) is 2.49. The van der Waals surface area contributed by atoms with Gasteiger partial charge >= 0.3 is 18.3 Å². The van der Waals surface area contributed by atoms with E-state index in [0.717, 1.165) is 12.1 Å². The monoisotopic (exact) mass is 440 g/mol. The van der Waals surface area contributed by atoms with Crippen LogP contribution in [-0.2, 0) is 20.8 Å². The van der Waals surface area contributed by atoms with Crippen molar-refractivity contribution in [3.63, 3.8) is 0 Å². The van der Waals surface area contributed by atoms with Crippen LogP contribution < -0.4 is 5.32 Å². The predicted octanol–water partition coefficient (Wildman–Crippen LogP) is 5.84. The second-order valence-corrected chi connectivity index (χ2v) is 9.98. The zero-order valence-corrected chi connectivity index (χ0v) is 19.7. The Hall–Kier alpha value is -2.84. The van der Waals surface area contributed by atoms with E-state index in [1.165, 1.54) is 6.07 Å². The molecule has 0 heterocycles. The normalized spacial score (nSPS) is 12.1. The van der Waals surface area contributed by atoms with Gasteiger partial charge in [-0.25, -0.2) is 23.7 Å². The van der Waals surface area contributed by atoms with E-state index in [1.54, 1.807) is 62.3 Å². The smallest absolute Gasteiger partial charge is 0.420 e. The number of halogens is 1. The maximum atomic E-state index is 14.0. The topological polar surface area (TPSA) is 94.2 Å². The fourth-order valence-corrected chi connectivity index (χ4v) is 2.24. The highest BCUT2D eigenvalue weighted by molar-refractivity contribution is 5.89. The first kappa shape index (κ1) is 26.2. The van der Waals surface area contributed by atoms with Gasteiger partial charge in [-0.2, -0.15) is 0 Å². The minimum atomic E-state index is -0.964. The van der Waals surface area contributed by atoms with Crippen LogP contribution in [0.2, 0.25) is 0 Å². The Labute approximate surface area is 183 Å². The highest BCUT2D eigenvalue weighted by Crippen LogP contribution is 2.23. The molecular formula is C22H33FN2O6. The lowest BCUT2D eigenvalue weighted by molar-refractivity contribution is -0.000235. The quantitative estimate of drug-likeness (QED) is 0.593. The lowest BCUT2D eigenvalue weighted by Gasteiger charge is -2.29. The highest BCUT2D eigenvalue weighted by Gasteiger charge is 2.32. The predicted molar refractivity (Wildman–Crippen MR) is 114 cm³/mol. The molecule has 8 nitrogen and oxygen atoms in total. The van der Waals surface area contributed by atoms with Crippen molar-refractivity contribution in [3.05, 3.63) is 29.6 Å². The van der Waals surface area contributed by atoms with Gasteiger partial charge in [-0.15, -0.1) is 0 Å². The maximum absolute atomic E-state index is 14.0. The molecule has 174 valence electrons. The number of amides is 3. The molecule has 0 fully saturated rings. The van der Waals surface area contributed by atoms with Crippen LogP contribution in [0, 0.1) is 5.82 Å². The third-order valence-electron chi connectivity index (χ3n) is 3.26. The molecule has 0 aliphatic rings. The second-order valence-electron chi connectivity index (χ2n) is 9.98. The molecule has 1 rings (SSSR count). The number of benzene rings is 1. The summed E-state index contributed by atoms with van der Waals surface area (Å²) in [6.07, 6.45) is -2.69. The molecule has 0 aromatic heterocycles. The van der Waals surface area contributed by atoms with Gasteiger partial charge in [0.05, 0.1) is 6.54 Å². The van der Waals surface area contributed by atoms with Crippen LogP contribution in [-0.4, -0.2) is 40.0 Å². The summed E-state index contributed by atoms with van der Waals surface area (Å²) in [5.41, 5.74) is -2.17. The van der Waals surface area contributed by atoms with Gasteiger partial charge in [0.15, 0.2) is 0 Å². The van der Waals surface area contributed by atoms with E-state index < -0.39 is 47.4 Å². The Morgan fingerprint density at radius 1 is 0.839 bits per heavy atom. The van der Waals surface area contributed by atoms with Crippen LogP contribution in [0.4, 0.5) is 24.5 Å². The van der Waals surface area contributed by atoms with E-state index in [9.17, 15) is 18.8 Å². The molecule has 9 heteroatoms. The van der Waals surface area contributed by atoms with Crippen molar-refractivity contribution in [2.24, 2.45) is 0 Å². The molecule has 0 aliphatic heterocycles. The van der Waals surface area contributed by atoms with Gasteiger partial charge in [-0.05, 0) is 86.1 Å². The summed E-state index contributed by atoms with van der Waals surface area (Å²) in [7, 11) is 0. The van der Waals surface area contributed by atoms with Gasteiger partial charge in [0.2, 0.25) is 0 Å². The van der Waals surface area contributed by atoms with Crippen LogP contribution in [0.5, 0.6) is 0 Å². The third-order valence-corrected chi connectivity index (χ3v) is 3.26. The first-order valence-electron chi connectivity index (χ1n) is 9.88. The Kier molecular flexibility index (Phi) is 8.05. The Morgan fingerprint density at radius 3 is 1.71 bits per heavy atom. The van der Waals surface area contributed by atoms with Crippen molar-refractivity contribution in [2.45, 2.75) is 85.7 Å². The number of hydrogen-bond donors (Lipinski definition) is 1. The summed E-state index contributed by atoms with van der Waals surface area (Å²) in [6.45, 7) is 14.6. The molecule has 1 N–H and O–H groups in total. The molecule has 0 bridgehead atoms. The second kappa shape index (κ2) is 9.53. The number of nitrogens with zero attached hydrogens (tertiary/aromatic N) is 1. The fourth-order valence-electron chi connectivity index (χ4n) is 2.24. The van der Waals surface area contributed by atoms with Crippen molar-refractivity contribution in [3.8, 4) is 0 Å². The molecule has 1 aromatic carbocycles. The van der Waals surface area contributed by atoms with E-state index in [2.05, 4.69) is 5.32 Å². The molecule has 0 radical (unpaired) electrons. The number of hydrogen-bond acceptors (Lipinski definition) is 6. The average molecular weight is 441 g/mol. The van der Waals surface area contributed by atoms with Gasteiger partial charge in [-0.3, -0.25) is 5.32 Å². The van der Waals surface area contributed by atoms with Crippen LogP contribution >= 0.6 is 0 Å². The SMILES string of the molecule is CC(C)(C)OC(=O)Nc1ccc(F)cc1CN(C(=O)OC(C)(C)C)C(=O)OC(C)(C)C. The first-order chi connectivity index (χ1) is 13.9. The largest absolute Gasteiger partial charge is 0.444 e. The van der Waals surface area contributed by atoms with E-state index in [1.807, 2.05) is 0 Å². The van der Waals surface area contributed by atoms with Crippen molar-refractivity contribution in [1.29, 1.82) is 0 Å². The third kappa shape index (κ3) is 10.1. The Bertz CT molecular complexity index is 791. The molecule has 0 spiro atoms. The summed E-state index contributed by atoms with van der Waals surface area (Å²) in [5, 5.41) is 2.52. The van der Waals surface area contributed by atoms with Crippen molar-refractivity contribution in [1.82, 2.24) is 4.90 Å². The van der Waals surface area contributed by atoms with Crippen LogP contribution in [0.15, 0.2) is 18.2 Å². The van der Waals surface area contributed by atoms with Crippen LogP contribution in [0.3, 0.4) is 0 Å². The molecule has 0 saturated heterocycles. The molecule has 3 amide bonds. The standard InChI is InChI=1S/C22H33FN2O6/c1-20(2,3)29-17(26)24-16-11-10-15(23)12-14(16)13-25(18(27)30-21(4,5)6)19(28)31-22(7,8)9/h10-12H,13H2,1-9H3,(H,24,26). The fraction of sp³-hybridized carbons (Fsp3) is 0.591. The Balaban J connectivity index is 3.25. The molecule has 0 saturated carbocycles. The minimum absolute atomic E-state index is 0.155. The first-order valence-corrected chi connectivity index (χ1v) is 9.88. The zero-order chi connectivity index (χ0) is 24.2. The van der Waals surface area contributed by atoms with E-state index >= 15 is 0 Å². The van der Waals surface area contributed by atoms with Gasteiger partial charge in [0, 0.05) is 5.69 Å². The van der Waals surface area contributed by atoms with Crippen LogP contribution in [0.1, 0.15) is 67.9 Å². The lowest BCUT2D eigenvalue weighted by atomic mass is 10.1. The zero-order valence-electron chi connectivity index (χ0n) is 19.7. The van der Waals surface area contributed by atoms with Gasteiger partial charge in [-0.1, -0.05) is 0 Å². The summed E-state index contributed by atoms with van der Waals surface area (Å²) in [4.78, 5) is 38.3. The van der Waals surface area contributed by atoms with Crippen molar-refractivity contribution in [2.75, 3.05) is 5.32 Å². The number of imide groups is 1. The number of ether oxygens (including phenoxy) is 3. The number of carbonyl (C=O) groups is 3. The molecule has 0 unspecified atom stereocenters. The number of carbonyl (C=O) groups excluding carboxylic acids is 3. The van der Waals surface area contributed by atoms with Gasteiger partial charge < -0.3 is 14.2 Å². The number of rotatable bonds is 3. The molecular weight excluding hydrogens is 407 g/mol. The molecule has 0 aliphatic carbocycles. The van der Waals surface area contributed by atoms with E-state index in [-0.39, 0.29) is 11.3 Å². The molecule has 0 atom stereocenters. The van der Waals surface area contributed by atoms with Crippen LogP contribution in [0.25, 0.3) is 0 Å². The van der Waals surface area contributed by atoms with Crippen molar-refractivity contribution >= 4 is 24.0 Å². The van der Waals surface area contributed by atoms with E-state index in [4.69, 9.17) is 14.2 Å². The summed E-state index contributed by atoms with van der Waals surface area (Å²) in [6, 6.07) is 3.56. The maximum Gasteiger partial charge on any atom is 0.420 e. The Morgan fingerprint density at radius 2 is 1.29 bits per heavy atom. The van der Waals surface area contributed by atoms with Gasteiger partial charge in [0.1, 0.15) is 22.6 Å². The molecule has 1 aromatic rings. The number of anilines is 1. The minimum Gasteiger partial charge on any atom is -0.444 e. The summed E-state index contributed by atoms with van der Waals surface area (Å²) in [5.74, 6) is -0.613. The summed E-state index contributed by atoms with van der Waals surface area (Å²) >= 11 is 0. The van der Waals surface area contributed by atoms with E-state index in [0.29, 0.717) is 4.90 Å². The highest BCUT2D eigenvalue weighted by atomic mass is 19.1. The van der Waals surface area contributed by atoms with Crippen molar-refractivity contribution < 1.29 is 33.0 Å². The molecule has 31 heavy (non-hydrogen) atoms.